The van der Waals surface area contributed by atoms with E-state index in [-0.39, 0.29) is 11.5 Å². The lowest BCUT2D eigenvalue weighted by molar-refractivity contribution is -0.141. The molecule has 0 saturated carbocycles. The lowest BCUT2D eigenvalue weighted by Crippen LogP contribution is -2.19. The first-order valence-corrected chi connectivity index (χ1v) is 5.53. The second-order valence-corrected chi connectivity index (χ2v) is 3.91. The van der Waals surface area contributed by atoms with Crippen LogP contribution in [0.15, 0.2) is 35.8 Å². The SMILES string of the molecule is O=c1c(-n2cc(C(F)(F)F)nn2)c[nH]n1-c1cnccn1. The minimum absolute atomic E-state index is 0.122. The summed E-state index contributed by atoms with van der Waals surface area (Å²) in [5.41, 5.74) is -1.94. The van der Waals surface area contributed by atoms with E-state index in [1.54, 1.807) is 0 Å². The number of rotatable bonds is 2. The molecule has 3 aromatic rings. The molecule has 0 aliphatic carbocycles. The van der Waals surface area contributed by atoms with Crippen LogP contribution in [0.5, 0.6) is 0 Å². The van der Waals surface area contributed by atoms with E-state index in [2.05, 4.69) is 25.4 Å². The lowest BCUT2D eigenvalue weighted by Gasteiger charge is -1.98. The van der Waals surface area contributed by atoms with Crippen LogP contribution in [0.25, 0.3) is 11.5 Å². The summed E-state index contributed by atoms with van der Waals surface area (Å²) in [4.78, 5) is 19.8. The molecule has 0 bridgehead atoms. The molecule has 108 valence electrons. The molecule has 0 aliphatic heterocycles. The highest BCUT2D eigenvalue weighted by molar-refractivity contribution is 5.29. The molecular weight excluding hydrogens is 291 g/mol. The van der Waals surface area contributed by atoms with Gasteiger partial charge in [-0.3, -0.25) is 14.9 Å². The van der Waals surface area contributed by atoms with Crippen molar-refractivity contribution in [3.05, 3.63) is 47.0 Å². The van der Waals surface area contributed by atoms with Crippen LogP contribution in [0.1, 0.15) is 5.69 Å². The van der Waals surface area contributed by atoms with Crippen LogP contribution in [-0.2, 0) is 6.18 Å². The number of hydrogen-bond acceptors (Lipinski definition) is 5. The van der Waals surface area contributed by atoms with E-state index in [0.717, 1.165) is 9.36 Å². The minimum Gasteiger partial charge on any atom is -0.294 e. The quantitative estimate of drug-likeness (QED) is 0.745. The molecule has 3 aromatic heterocycles. The third-order valence-electron chi connectivity index (χ3n) is 2.56. The fourth-order valence-electron chi connectivity index (χ4n) is 1.61. The summed E-state index contributed by atoms with van der Waals surface area (Å²) < 4.78 is 39.2. The zero-order valence-electron chi connectivity index (χ0n) is 10.1. The number of halogens is 3. The summed E-state index contributed by atoms with van der Waals surface area (Å²) in [5, 5.41) is 8.85. The van der Waals surface area contributed by atoms with Crippen molar-refractivity contribution < 1.29 is 13.2 Å². The second-order valence-electron chi connectivity index (χ2n) is 3.91. The van der Waals surface area contributed by atoms with Gasteiger partial charge >= 0.3 is 6.18 Å². The Labute approximate surface area is 113 Å². The van der Waals surface area contributed by atoms with Gasteiger partial charge in [-0.1, -0.05) is 5.21 Å². The first-order valence-electron chi connectivity index (χ1n) is 5.53. The summed E-state index contributed by atoms with van der Waals surface area (Å²) in [7, 11) is 0. The highest BCUT2D eigenvalue weighted by atomic mass is 19.4. The van der Waals surface area contributed by atoms with Crippen molar-refractivity contribution in [1.29, 1.82) is 0 Å². The monoisotopic (exact) mass is 297 g/mol. The molecule has 0 amide bonds. The van der Waals surface area contributed by atoms with E-state index in [9.17, 15) is 18.0 Å². The molecule has 0 aromatic carbocycles. The topological polar surface area (TPSA) is 94.3 Å². The van der Waals surface area contributed by atoms with Crippen molar-refractivity contribution >= 4 is 0 Å². The highest BCUT2D eigenvalue weighted by Crippen LogP contribution is 2.26. The predicted octanol–water partition coefficient (Wildman–Crippen LogP) is 0.555. The molecule has 8 nitrogen and oxygen atoms in total. The molecule has 0 spiro atoms. The molecule has 0 saturated heterocycles. The number of nitrogens with zero attached hydrogens (tertiary/aromatic N) is 6. The largest absolute Gasteiger partial charge is 0.436 e. The van der Waals surface area contributed by atoms with Gasteiger partial charge < -0.3 is 0 Å². The molecule has 0 atom stereocenters. The number of aromatic nitrogens is 7. The first-order chi connectivity index (χ1) is 9.97. The van der Waals surface area contributed by atoms with E-state index < -0.39 is 17.4 Å². The van der Waals surface area contributed by atoms with Crippen LogP contribution in [0.2, 0.25) is 0 Å². The molecule has 3 rings (SSSR count). The standard InChI is InChI=1S/C10H6F3N7O/c11-10(12,13)7-5-19(18-17-7)6-3-16-20(9(6)21)8-4-14-1-2-15-8/h1-5,16H. The van der Waals surface area contributed by atoms with Crippen molar-refractivity contribution in [3.8, 4) is 11.5 Å². The van der Waals surface area contributed by atoms with Crippen LogP contribution in [0.3, 0.4) is 0 Å². The molecule has 0 fully saturated rings. The Bertz CT molecular complexity index is 817. The Balaban J connectivity index is 2.04. The van der Waals surface area contributed by atoms with Gasteiger partial charge in [0.15, 0.2) is 17.2 Å². The number of nitrogens with one attached hydrogen (secondary N) is 1. The zero-order chi connectivity index (χ0) is 15.0. The van der Waals surface area contributed by atoms with Crippen LogP contribution < -0.4 is 5.56 Å². The second kappa shape index (κ2) is 4.54. The van der Waals surface area contributed by atoms with E-state index in [4.69, 9.17) is 0 Å². The Kier molecular flexibility index (Phi) is 2.82. The van der Waals surface area contributed by atoms with Gasteiger partial charge in [0.05, 0.1) is 18.6 Å². The number of aromatic amines is 1. The molecule has 1 N–H and O–H groups in total. The Hall–Kier alpha value is -2.98. The molecule has 0 radical (unpaired) electrons. The summed E-state index contributed by atoms with van der Waals surface area (Å²) in [6.45, 7) is 0. The third kappa shape index (κ3) is 2.28. The van der Waals surface area contributed by atoms with E-state index in [1.807, 2.05) is 0 Å². The third-order valence-corrected chi connectivity index (χ3v) is 2.56. The van der Waals surface area contributed by atoms with Gasteiger partial charge in [-0.15, -0.1) is 5.10 Å². The fourth-order valence-corrected chi connectivity index (χ4v) is 1.61. The van der Waals surface area contributed by atoms with Crippen LogP contribution >= 0.6 is 0 Å². The van der Waals surface area contributed by atoms with Crippen LogP contribution in [0.4, 0.5) is 13.2 Å². The number of alkyl halides is 3. The molecule has 3 heterocycles. The maximum Gasteiger partial charge on any atom is 0.436 e. The van der Waals surface area contributed by atoms with Crippen LogP contribution in [0, 0.1) is 0 Å². The van der Waals surface area contributed by atoms with Gasteiger partial charge in [0, 0.05) is 12.4 Å². The molecular formula is C10H6F3N7O. The zero-order valence-corrected chi connectivity index (χ0v) is 10.1. The maximum atomic E-state index is 12.5. The fraction of sp³-hybridized carbons (Fsp3) is 0.100. The molecule has 0 unspecified atom stereocenters. The van der Waals surface area contributed by atoms with Crippen molar-refractivity contribution in [1.82, 2.24) is 34.7 Å². The summed E-state index contributed by atoms with van der Waals surface area (Å²) in [5.74, 6) is 0.199. The van der Waals surface area contributed by atoms with Gasteiger partial charge in [0.1, 0.15) is 0 Å². The summed E-state index contributed by atoms with van der Waals surface area (Å²) in [6.07, 6.45) is 1.32. The maximum absolute atomic E-state index is 12.5. The Morgan fingerprint density at radius 1 is 1.24 bits per heavy atom. The van der Waals surface area contributed by atoms with Gasteiger partial charge in [-0.2, -0.15) is 17.9 Å². The van der Waals surface area contributed by atoms with Crippen LogP contribution in [-0.4, -0.2) is 34.7 Å². The van der Waals surface area contributed by atoms with E-state index in [1.165, 1.54) is 24.8 Å². The van der Waals surface area contributed by atoms with E-state index >= 15 is 0 Å². The Morgan fingerprint density at radius 2 is 2.05 bits per heavy atom. The van der Waals surface area contributed by atoms with Crippen molar-refractivity contribution in [2.24, 2.45) is 0 Å². The first kappa shape index (κ1) is 13.0. The smallest absolute Gasteiger partial charge is 0.294 e. The van der Waals surface area contributed by atoms with E-state index in [0.29, 0.717) is 6.20 Å². The minimum atomic E-state index is -4.63. The van der Waals surface area contributed by atoms with Crippen molar-refractivity contribution in [2.45, 2.75) is 6.18 Å². The highest BCUT2D eigenvalue weighted by Gasteiger charge is 2.34. The van der Waals surface area contributed by atoms with Crippen molar-refractivity contribution in [2.75, 3.05) is 0 Å². The summed E-state index contributed by atoms with van der Waals surface area (Å²) in [6, 6.07) is 0. The molecule has 0 aliphatic rings. The molecule has 11 heteroatoms. The summed E-state index contributed by atoms with van der Waals surface area (Å²) >= 11 is 0. The molecule has 21 heavy (non-hydrogen) atoms. The van der Waals surface area contributed by atoms with Gasteiger partial charge in [-0.05, 0) is 0 Å². The van der Waals surface area contributed by atoms with Gasteiger partial charge in [-0.25, -0.2) is 9.67 Å². The van der Waals surface area contributed by atoms with Gasteiger partial charge in [0.25, 0.3) is 5.56 Å². The number of hydrogen-bond donors (Lipinski definition) is 1. The Morgan fingerprint density at radius 3 is 2.67 bits per heavy atom. The average molecular weight is 297 g/mol. The average Bonchev–Trinajstić information content (AvgIpc) is 3.05. The lowest BCUT2D eigenvalue weighted by atomic mass is 10.4. The normalized spacial score (nSPS) is 11.8. The van der Waals surface area contributed by atoms with Crippen molar-refractivity contribution in [3.63, 3.8) is 0 Å². The van der Waals surface area contributed by atoms with Gasteiger partial charge in [0.2, 0.25) is 0 Å². The predicted molar refractivity (Wildman–Crippen MR) is 61.9 cm³/mol. The number of H-pyrrole nitrogens is 1.